The van der Waals surface area contributed by atoms with E-state index in [-0.39, 0.29) is 5.69 Å². The lowest BCUT2D eigenvalue weighted by Gasteiger charge is -2.07. The van der Waals surface area contributed by atoms with Gasteiger partial charge in [-0.15, -0.1) is 0 Å². The van der Waals surface area contributed by atoms with E-state index in [2.05, 4.69) is 22.8 Å². The van der Waals surface area contributed by atoms with Crippen molar-refractivity contribution in [2.75, 3.05) is 11.9 Å². The average molecular weight is 477 g/mol. The molecule has 2 amide bonds. The highest BCUT2D eigenvalue weighted by molar-refractivity contribution is 6.39. The van der Waals surface area contributed by atoms with E-state index in [4.69, 9.17) is 9.47 Å². The summed E-state index contributed by atoms with van der Waals surface area (Å²) in [4.78, 5) is 36.0. The first-order chi connectivity index (χ1) is 16.9. The molecule has 0 aliphatic rings. The zero-order valence-electron chi connectivity index (χ0n) is 19.0. The Bertz CT molecular complexity index is 1180. The number of nitrogens with one attached hydrogen (secondary N) is 2. The number of esters is 1. The van der Waals surface area contributed by atoms with Gasteiger partial charge in [0.05, 0.1) is 18.4 Å². The summed E-state index contributed by atoms with van der Waals surface area (Å²) in [7, 11) is 0. The number of anilines is 1. The zero-order valence-corrected chi connectivity index (χ0v) is 19.0. The van der Waals surface area contributed by atoms with E-state index >= 15 is 0 Å². The highest BCUT2D eigenvalue weighted by Gasteiger charge is 2.13. The second-order valence-electron chi connectivity index (χ2n) is 7.35. The number of amides is 2. The van der Waals surface area contributed by atoms with Gasteiger partial charge in [-0.1, -0.05) is 13.3 Å². The molecule has 3 aromatic carbocycles. The summed E-state index contributed by atoms with van der Waals surface area (Å²) < 4.78 is 23.8. The van der Waals surface area contributed by atoms with Gasteiger partial charge in [-0.25, -0.2) is 14.6 Å². The molecule has 180 valence electrons. The molecule has 0 saturated carbocycles. The predicted octanol–water partition coefficient (Wildman–Crippen LogP) is 4.31. The zero-order chi connectivity index (χ0) is 25.0. The van der Waals surface area contributed by atoms with Crippen LogP contribution in [0.15, 0.2) is 77.9 Å². The minimum absolute atomic E-state index is 0.275. The van der Waals surface area contributed by atoms with Gasteiger partial charge in [0.25, 0.3) is 0 Å². The molecule has 2 N–H and O–H groups in total. The van der Waals surface area contributed by atoms with Gasteiger partial charge in [0.15, 0.2) is 0 Å². The quantitative estimate of drug-likeness (QED) is 0.119. The summed E-state index contributed by atoms with van der Waals surface area (Å²) in [5, 5.41) is 6.05. The van der Waals surface area contributed by atoms with Crippen LogP contribution in [0.3, 0.4) is 0 Å². The molecule has 0 bridgehead atoms. The van der Waals surface area contributed by atoms with Crippen LogP contribution in [0, 0.1) is 5.82 Å². The van der Waals surface area contributed by atoms with Crippen molar-refractivity contribution in [1.82, 2.24) is 5.43 Å². The SMILES string of the molecule is CCCCOc1ccc(C(=O)Oc2ccc(C=NNC(=O)C(=O)Nc3ccc(F)cc3)cc2)cc1. The largest absolute Gasteiger partial charge is 0.494 e. The van der Waals surface area contributed by atoms with Crippen molar-refractivity contribution >= 4 is 29.7 Å². The van der Waals surface area contributed by atoms with Gasteiger partial charge in [0, 0.05) is 5.69 Å². The lowest BCUT2D eigenvalue weighted by atomic mass is 10.2. The Morgan fingerprint density at radius 2 is 1.54 bits per heavy atom. The molecule has 0 spiro atoms. The molecule has 0 aliphatic carbocycles. The first-order valence-electron chi connectivity index (χ1n) is 10.9. The van der Waals surface area contributed by atoms with Crippen molar-refractivity contribution in [3.63, 3.8) is 0 Å². The molecule has 0 unspecified atom stereocenters. The Morgan fingerprint density at radius 1 is 0.886 bits per heavy atom. The molecule has 0 radical (unpaired) electrons. The van der Waals surface area contributed by atoms with E-state index < -0.39 is 23.6 Å². The predicted molar refractivity (Wildman–Crippen MR) is 129 cm³/mol. The number of rotatable bonds is 9. The summed E-state index contributed by atoms with van der Waals surface area (Å²) in [6.45, 7) is 2.71. The third-order valence-electron chi connectivity index (χ3n) is 4.64. The van der Waals surface area contributed by atoms with E-state index in [9.17, 15) is 18.8 Å². The number of nitrogens with zero attached hydrogens (tertiary/aromatic N) is 1. The van der Waals surface area contributed by atoms with Crippen LogP contribution in [0.2, 0.25) is 0 Å². The van der Waals surface area contributed by atoms with Crippen molar-refractivity contribution in [2.24, 2.45) is 5.10 Å². The van der Waals surface area contributed by atoms with Crippen LogP contribution >= 0.6 is 0 Å². The van der Waals surface area contributed by atoms with Crippen LogP contribution < -0.4 is 20.2 Å². The topological polar surface area (TPSA) is 106 Å². The molecule has 35 heavy (non-hydrogen) atoms. The number of carbonyl (C=O) groups excluding carboxylic acids is 3. The monoisotopic (exact) mass is 477 g/mol. The molecule has 9 heteroatoms. The first-order valence-corrected chi connectivity index (χ1v) is 10.9. The molecule has 0 atom stereocenters. The number of hydrazone groups is 1. The maximum Gasteiger partial charge on any atom is 0.343 e. The lowest BCUT2D eigenvalue weighted by molar-refractivity contribution is -0.136. The smallest absolute Gasteiger partial charge is 0.343 e. The van der Waals surface area contributed by atoms with Crippen LogP contribution in [0.25, 0.3) is 0 Å². The first kappa shape index (κ1) is 25.1. The molecule has 3 aromatic rings. The molecular formula is C26H24FN3O5. The van der Waals surface area contributed by atoms with Gasteiger partial charge in [-0.2, -0.15) is 5.10 Å². The minimum atomic E-state index is -0.988. The van der Waals surface area contributed by atoms with Crippen LogP contribution in [0.1, 0.15) is 35.7 Å². The molecule has 0 fully saturated rings. The van der Waals surface area contributed by atoms with Crippen LogP contribution in [0.5, 0.6) is 11.5 Å². The number of unbranched alkanes of at least 4 members (excludes halogenated alkanes) is 1. The Labute approximate surface area is 201 Å². The fourth-order valence-electron chi connectivity index (χ4n) is 2.75. The Hall–Kier alpha value is -4.53. The third kappa shape index (κ3) is 8.08. The summed E-state index contributed by atoms with van der Waals surface area (Å²) in [6, 6.07) is 18.1. The summed E-state index contributed by atoms with van der Waals surface area (Å²) in [5.74, 6) is -1.88. The van der Waals surface area contributed by atoms with Crippen molar-refractivity contribution < 1.29 is 28.2 Å². The van der Waals surface area contributed by atoms with Crippen LogP contribution in [-0.4, -0.2) is 30.6 Å². The molecule has 8 nitrogen and oxygen atoms in total. The number of halogens is 1. The van der Waals surface area contributed by atoms with E-state index in [1.54, 1.807) is 48.5 Å². The van der Waals surface area contributed by atoms with Gasteiger partial charge in [-0.05, 0) is 84.8 Å². The highest BCUT2D eigenvalue weighted by Crippen LogP contribution is 2.17. The molecule has 3 rings (SSSR count). The fourth-order valence-corrected chi connectivity index (χ4v) is 2.75. The van der Waals surface area contributed by atoms with Crippen molar-refractivity contribution in [3.8, 4) is 11.5 Å². The number of hydrogen-bond acceptors (Lipinski definition) is 6. The van der Waals surface area contributed by atoms with E-state index in [1.165, 1.54) is 18.3 Å². The van der Waals surface area contributed by atoms with Gasteiger partial charge in [-0.3, -0.25) is 9.59 Å². The maximum atomic E-state index is 12.9. The lowest BCUT2D eigenvalue weighted by Crippen LogP contribution is -2.32. The number of benzene rings is 3. The normalized spacial score (nSPS) is 10.6. The number of hydrogen-bond donors (Lipinski definition) is 2. The van der Waals surface area contributed by atoms with Gasteiger partial charge in [0.1, 0.15) is 17.3 Å². The van der Waals surface area contributed by atoms with Gasteiger partial charge in [0.2, 0.25) is 0 Å². The summed E-state index contributed by atoms with van der Waals surface area (Å²) in [5.41, 5.74) is 3.36. The second kappa shape index (κ2) is 12.6. The summed E-state index contributed by atoms with van der Waals surface area (Å²) >= 11 is 0. The fraction of sp³-hybridized carbons (Fsp3) is 0.154. The number of carbonyl (C=O) groups is 3. The molecule has 0 saturated heterocycles. The number of ether oxygens (including phenoxy) is 2. The Balaban J connectivity index is 1.46. The third-order valence-corrected chi connectivity index (χ3v) is 4.64. The summed E-state index contributed by atoms with van der Waals surface area (Å²) in [6.07, 6.45) is 3.33. The average Bonchev–Trinajstić information content (AvgIpc) is 2.87. The highest BCUT2D eigenvalue weighted by atomic mass is 19.1. The van der Waals surface area contributed by atoms with Crippen LogP contribution in [-0.2, 0) is 9.59 Å². The van der Waals surface area contributed by atoms with Crippen molar-refractivity contribution in [2.45, 2.75) is 19.8 Å². The van der Waals surface area contributed by atoms with Crippen molar-refractivity contribution in [1.29, 1.82) is 0 Å². The van der Waals surface area contributed by atoms with E-state index in [1.807, 2.05) is 0 Å². The minimum Gasteiger partial charge on any atom is -0.494 e. The molecule has 0 heterocycles. The standard InChI is InChI=1S/C26H24FN3O5/c1-2-3-16-34-22-14-6-19(7-15-22)26(33)35-23-12-4-18(5-13-23)17-28-30-25(32)24(31)29-21-10-8-20(27)9-11-21/h4-15,17H,2-3,16H2,1H3,(H,29,31)(H,30,32). The van der Waals surface area contributed by atoms with Crippen LogP contribution in [0.4, 0.5) is 10.1 Å². The van der Waals surface area contributed by atoms with Gasteiger partial charge >= 0.3 is 17.8 Å². The van der Waals surface area contributed by atoms with E-state index in [0.717, 1.165) is 25.0 Å². The van der Waals surface area contributed by atoms with Crippen molar-refractivity contribution in [3.05, 3.63) is 89.7 Å². The Morgan fingerprint density at radius 3 is 2.20 bits per heavy atom. The Kier molecular flexibility index (Phi) is 9.07. The molecule has 0 aliphatic heterocycles. The van der Waals surface area contributed by atoms with Gasteiger partial charge < -0.3 is 14.8 Å². The molecule has 0 aromatic heterocycles. The van der Waals surface area contributed by atoms with E-state index in [0.29, 0.717) is 29.2 Å². The second-order valence-corrected chi connectivity index (χ2v) is 7.35. The molecular weight excluding hydrogens is 453 g/mol. The maximum absolute atomic E-state index is 12.9.